The predicted molar refractivity (Wildman–Crippen MR) is 46.3 cm³/mol. The largest absolute Gasteiger partial charge is 0.373 e. The van der Waals surface area contributed by atoms with Gasteiger partial charge >= 0.3 is 6.43 Å². The van der Waals surface area contributed by atoms with Gasteiger partial charge in [0.25, 0.3) is 5.91 Å². The minimum atomic E-state index is -2.91. The third-order valence-electron chi connectivity index (χ3n) is 2.07. The molecule has 82 valence electrons. The van der Waals surface area contributed by atoms with Crippen LogP contribution in [0.25, 0.3) is 0 Å². The number of alkyl halides is 2. The molecule has 0 saturated carbocycles. The van der Waals surface area contributed by atoms with Gasteiger partial charge in [0, 0.05) is 19.6 Å². The zero-order chi connectivity index (χ0) is 10.6. The quantitative estimate of drug-likeness (QED) is 0.692. The molecule has 14 heavy (non-hydrogen) atoms. The van der Waals surface area contributed by atoms with E-state index in [9.17, 15) is 13.6 Å². The van der Waals surface area contributed by atoms with Gasteiger partial charge in [0.05, 0.1) is 12.7 Å². The lowest BCUT2D eigenvalue weighted by Gasteiger charge is -2.32. The SMILES string of the molecule is CNCC1CN(C(=O)C(F)F)CCO1. The molecule has 0 aromatic carbocycles. The fourth-order valence-corrected chi connectivity index (χ4v) is 1.41. The van der Waals surface area contributed by atoms with Crippen LogP contribution < -0.4 is 5.32 Å². The number of carbonyl (C=O) groups excluding carboxylic acids is 1. The molecule has 1 amide bonds. The molecule has 1 atom stereocenters. The average Bonchev–Trinajstić information content (AvgIpc) is 2.17. The van der Waals surface area contributed by atoms with Crippen LogP contribution in [0.15, 0.2) is 0 Å². The number of nitrogens with zero attached hydrogens (tertiary/aromatic N) is 1. The molecule has 0 radical (unpaired) electrons. The van der Waals surface area contributed by atoms with E-state index in [0.717, 1.165) is 4.90 Å². The van der Waals surface area contributed by atoms with Crippen LogP contribution in [0.4, 0.5) is 8.78 Å². The van der Waals surface area contributed by atoms with Crippen LogP contribution in [0.1, 0.15) is 0 Å². The van der Waals surface area contributed by atoms with Gasteiger partial charge in [0.15, 0.2) is 0 Å². The maximum atomic E-state index is 12.1. The molecule has 0 aliphatic carbocycles. The van der Waals surface area contributed by atoms with Gasteiger partial charge in [-0.05, 0) is 7.05 Å². The number of ether oxygens (including phenoxy) is 1. The summed E-state index contributed by atoms with van der Waals surface area (Å²) in [5, 5.41) is 2.88. The van der Waals surface area contributed by atoms with Crippen LogP contribution in [-0.2, 0) is 9.53 Å². The van der Waals surface area contributed by atoms with E-state index in [1.54, 1.807) is 7.05 Å². The maximum Gasteiger partial charge on any atom is 0.315 e. The Morgan fingerprint density at radius 2 is 2.43 bits per heavy atom. The third-order valence-corrected chi connectivity index (χ3v) is 2.07. The first-order valence-electron chi connectivity index (χ1n) is 4.48. The molecule has 1 rings (SSSR count). The van der Waals surface area contributed by atoms with Crippen molar-refractivity contribution in [2.75, 3.05) is 33.3 Å². The molecule has 0 bridgehead atoms. The fourth-order valence-electron chi connectivity index (χ4n) is 1.41. The summed E-state index contributed by atoms with van der Waals surface area (Å²) in [6.07, 6.45) is -3.10. The molecule has 1 fully saturated rings. The van der Waals surface area contributed by atoms with Gasteiger partial charge in [-0.15, -0.1) is 0 Å². The number of morpholine rings is 1. The van der Waals surface area contributed by atoms with Crippen LogP contribution >= 0.6 is 0 Å². The van der Waals surface area contributed by atoms with E-state index in [-0.39, 0.29) is 19.2 Å². The highest BCUT2D eigenvalue weighted by Gasteiger charge is 2.28. The molecule has 6 heteroatoms. The lowest BCUT2D eigenvalue weighted by Crippen LogP contribution is -2.50. The second kappa shape index (κ2) is 5.21. The summed E-state index contributed by atoms with van der Waals surface area (Å²) in [7, 11) is 1.75. The topological polar surface area (TPSA) is 41.6 Å². The van der Waals surface area contributed by atoms with Gasteiger partial charge in [0.1, 0.15) is 0 Å². The average molecular weight is 208 g/mol. The maximum absolute atomic E-state index is 12.1. The summed E-state index contributed by atoms with van der Waals surface area (Å²) in [5.74, 6) is -1.10. The van der Waals surface area contributed by atoms with Crippen molar-refractivity contribution in [2.24, 2.45) is 0 Å². The molecular weight excluding hydrogens is 194 g/mol. The smallest absolute Gasteiger partial charge is 0.315 e. The zero-order valence-corrected chi connectivity index (χ0v) is 8.00. The van der Waals surface area contributed by atoms with Crippen molar-refractivity contribution in [3.63, 3.8) is 0 Å². The molecule has 1 N–H and O–H groups in total. The van der Waals surface area contributed by atoms with E-state index in [2.05, 4.69) is 5.32 Å². The van der Waals surface area contributed by atoms with Crippen LogP contribution in [0.3, 0.4) is 0 Å². The summed E-state index contributed by atoms with van der Waals surface area (Å²) in [5.41, 5.74) is 0. The van der Waals surface area contributed by atoms with Crippen LogP contribution in [0.2, 0.25) is 0 Å². The number of carbonyl (C=O) groups is 1. The Morgan fingerprint density at radius 3 is 3.00 bits per heavy atom. The lowest BCUT2D eigenvalue weighted by atomic mass is 10.2. The van der Waals surface area contributed by atoms with E-state index in [4.69, 9.17) is 4.74 Å². The predicted octanol–water partition coefficient (Wildman–Crippen LogP) is -0.302. The van der Waals surface area contributed by atoms with Crippen molar-refractivity contribution in [3.8, 4) is 0 Å². The first-order chi connectivity index (χ1) is 6.65. The van der Waals surface area contributed by atoms with E-state index < -0.39 is 12.3 Å². The third kappa shape index (κ3) is 2.88. The van der Waals surface area contributed by atoms with Crippen molar-refractivity contribution in [1.82, 2.24) is 10.2 Å². The number of nitrogens with one attached hydrogen (secondary N) is 1. The fraction of sp³-hybridized carbons (Fsp3) is 0.875. The van der Waals surface area contributed by atoms with Gasteiger partial charge in [-0.25, -0.2) is 0 Å². The standard InChI is InChI=1S/C8H14F2N2O2/c1-11-4-6-5-12(2-3-14-6)8(13)7(9)10/h6-7,11H,2-5H2,1H3. The van der Waals surface area contributed by atoms with E-state index in [0.29, 0.717) is 13.2 Å². The molecule has 1 saturated heterocycles. The second-order valence-electron chi connectivity index (χ2n) is 3.14. The minimum Gasteiger partial charge on any atom is -0.373 e. The zero-order valence-electron chi connectivity index (χ0n) is 8.00. The van der Waals surface area contributed by atoms with Crippen molar-refractivity contribution in [1.29, 1.82) is 0 Å². The molecular formula is C8H14F2N2O2. The number of amides is 1. The lowest BCUT2D eigenvalue weighted by molar-refractivity contribution is -0.150. The minimum absolute atomic E-state index is 0.184. The number of halogens is 2. The van der Waals surface area contributed by atoms with Crippen molar-refractivity contribution < 1.29 is 18.3 Å². The Labute approximate surface area is 81.2 Å². The summed E-state index contributed by atoms with van der Waals surface area (Å²) < 4.78 is 29.4. The highest BCUT2D eigenvalue weighted by atomic mass is 19.3. The Bertz CT molecular complexity index is 200. The first kappa shape index (κ1) is 11.3. The van der Waals surface area contributed by atoms with Gasteiger partial charge in [-0.1, -0.05) is 0 Å². The van der Waals surface area contributed by atoms with E-state index in [1.165, 1.54) is 0 Å². The molecule has 0 aromatic rings. The molecule has 1 unspecified atom stereocenters. The van der Waals surface area contributed by atoms with Crippen LogP contribution in [-0.4, -0.2) is 56.6 Å². The normalized spacial score (nSPS) is 22.9. The molecule has 1 aliphatic heterocycles. The number of rotatable bonds is 3. The van der Waals surface area contributed by atoms with Crippen molar-refractivity contribution >= 4 is 5.91 Å². The Kier molecular flexibility index (Phi) is 4.21. The molecule has 1 aliphatic rings. The summed E-state index contributed by atoms with van der Waals surface area (Å²) in [6.45, 7) is 1.38. The summed E-state index contributed by atoms with van der Waals surface area (Å²) in [4.78, 5) is 12.1. The molecule has 0 aromatic heterocycles. The van der Waals surface area contributed by atoms with E-state index in [1.807, 2.05) is 0 Å². The number of hydrogen-bond donors (Lipinski definition) is 1. The highest BCUT2D eigenvalue weighted by molar-refractivity contribution is 5.79. The first-order valence-corrected chi connectivity index (χ1v) is 4.48. The van der Waals surface area contributed by atoms with Crippen LogP contribution in [0, 0.1) is 0 Å². The van der Waals surface area contributed by atoms with Crippen LogP contribution in [0.5, 0.6) is 0 Å². The second-order valence-corrected chi connectivity index (χ2v) is 3.14. The van der Waals surface area contributed by atoms with Crippen molar-refractivity contribution in [2.45, 2.75) is 12.5 Å². The Morgan fingerprint density at radius 1 is 1.71 bits per heavy atom. The van der Waals surface area contributed by atoms with Gasteiger partial charge in [-0.3, -0.25) is 4.79 Å². The van der Waals surface area contributed by atoms with Gasteiger partial charge in [-0.2, -0.15) is 8.78 Å². The number of hydrogen-bond acceptors (Lipinski definition) is 3. The monoisotopic (exact) mass is 208 g/mol. The van der Waals surface area contributed by atoms with E-state index >= 15 is 0 Å². The Hall–Kier alpha value is -0.750. The number of likely N-dealkylation sites (N-methyl/N-ethyl adjacent to an activating group) is 1. The molecule has 0 spiro atoms. The molecule has 1 heterocycles. The summed E-state index contributed by atoms with van der Waals surface area (Å²) in [6, 6.07) is 0. The Balaban J connectivity index is 2.43. The molecule has 4 nitrogen and oxygen atoms in total. The van der Waals surface area contributed by atoms with Gasteiger partial charge in [0.2, 0.25) is 0 Å². The summed E-state index contributed by atoms with van der Waals surface area (Å²) >= 11 is 0. The van der Waals surface area contributed by atoms with Crippen molar-refractivity contribution in [3.05, 3.63) is 0 Å². The van der Waals surface area contributed by atoms with Gasteiger partial charge < -0.3 is 15.0 Å². The highest BCUT2D eigenvalue weighted by Crippen LogP contribution is 2.08.